The lowest BCUT2D eigenvalue weighted by molar-refractivity contribution is -0.161. The maximum absolute atomic E-state index is 12.9. The van der Waals surface area contributed by atoms with Gasteiger partial charge in [-0.05, 0) is 122 Å². The van der Waals surface area contributed by atoms with Gasteiger partial charge in [0, 0.05) is 19.3 Å². The maximum Gasteiger partial charge on any atom is 0.472 e. The van der Waals surface area contributed by atoms with E-state index in [1.807, 2.05) is 0 Å². The van der Waals surface area contributed by atoms with E-state index in [0.29, 0.717) is 19.3 Å². The second-order valence-corrected chi connectivity index (χ2v) is 20.5. The van der Waals surface area contributed by atoms with Gasteiger partial charge in [0.15, 0.2) is 6.10 Å². The van der Waals surface area contributed by atoms with E-state index in [4.69, 9.17) is 23.3 Å². The second kappa shape index (κ2) is 57.1. The molecule has 0 aliphatic carbocycles. The number of carbonyl (C=O) groups is 3. The van der Waals surface area contributed by atoms with E-state index in [1.54, 1.807) is 0 Å². The Bertz CT molecular complexity index is 1740. The summed E-state index contributed by atoms with van der Waals surface area (Å²) in [6.07, 6.45) is 70.1. The Kier molecular flexibility index (Phi) is 54.0. The van der Waals surface area contributed by atoms with Gasteiger partial charge in [0.1, 0.15) is 12.7 Å². The SMILES string of the molecule is CC/C=C\C/C=C\C/C=C\C/C=C\C/C=C\CCCCCC(=O)OC(COC(=O)CCCCCCCC/C=C\C/C=C\C/C=C\C/C=C\CC)COP(=O)(O)OCC(CO)OC(=O)CCCCCCC/C=C\CCCC. The van der Waals surface area contributed by atoms with Gasteiger partial charge in [-0.25, -0.2) is 4.57 Å². The molecule has 3 atom stereocenters. The highest BCUT2D eigenvalue weighted by molar-refractivity contribution is 7.47. The minimum Gasteiger partial charge on any atom is -0.462 e. The highest BCUT2D eigenvalue weighted by Crippen LogP contribution is 2.43. The average molecular weight is 1080 g/mol. The van der Waals surface area contributed by atoms with Crippen LogP contribution in [-0.2, 0) is 42.2 Å². The normalized spacial score (nSPS) is 14.2. The summed E-state index contributed by atoms with van der Waals surface area (Å²) in [5, 5.41) is 9.80. The van der Waals surface area contributed by atoms with Crippen LogP contribution in [0.25, 0.3) is 0 Å². The minimum absolute atomic E-state index is 0.118. The second-order valence-electron chi connectivity index (χ2n) is 19.0. The quantitative estimate of drug-likeness (QED) is 0.0197. The summed E-state index contributed by atoms with van der Waals surface area (Å²) in [4.78, 5) is 48.6. The molecule has 0 fully saturated rings. The highest BCUT2D eigenvalue weighted by atomic mass is 31.2. The number of rotatable bonds is 53. The number of aliphatic hydroxyl groups excluding tert-OH is 1. The molecule has 0 amide bonds. The zero-order chi connectivity index (χ0) is 55.5. The number of allylic oxidation sites excluding steroid dienone is 20. The minimum atomic E-state index is -4.77. The van der Waals surface area contributed by atoms with Crippen molar-refractivity contribution in [2.24, 2.45) is 0 Å². The van der Waals surface area contributed by atoms with E-state index in [0.717, 1.165) is 154 Å². The Morgan fingerprint density at radius 2 is 0.684 bits per heavy atom. The van der Waals surface area contributed by atoms with Crippen molar-refractivity contribution in [2.75, 3.05) is 26.4 Å². The molecule has 12 heteroatoms. The summed E-state index contributed by atoms with van der Waals surface area (Å²) in [6, 6.07) is 0. The first-order chi connectivity index (χ1) is 37.2. The fourth-order valence-electron chi connectivity index (χ4n) is 7.41. The average Bonchev–Trinajstić information content (AvgIpc) is 3.41. The molecule has 0 aromatic heterocycles. The zero-order valence-electron chi connectivity index (χ0n) is 47.7. The van der Waals surface area contributed by atoms with Gasteiger partial charge in [-0.2, -0.15) is 0 Å². The van der Waals surface area contributed by atoms with Crippen LogP contribution in [0.15, 0.2) is 122 Å². The molecule has 0 heterocycles. The topological polar surface area (TPSA) is 155 Å². The van der Waals surface area contributed by atoms with Crippen LogP contribution in [0.3, 0.4) is 0 Å². The van der Waals surface area contributed by atoms with Gasteiger partial charge in [-0.1, -0.05) is 206 Å². The molecular formula is C64H105O11P. The summed E-state index contributed by atoms with van der Waals surface area (Å²) in [5.41, 5.74) is 0. The van der Waals surface area contributed by atoms with Crippen molar-refractivity contribution < 1.29 is 52.2 Å². The molecule has 0 saturated heterocycles. The highest BCUT2D eigenvalue weighted by Gasteiger charge is 2.28. The standard InChI is InChI=1S/C64H105O11P/c1-4-7-10-13-16-19-22-24-26-28-30-32-34-36-39-41-44-47-50-53-62(66)71-57-61(75-64(68)55-52-49-46-43-40-37-35-33-31-29-27-25-23-20-17-14-11-8-5-2)59-73-76(69,70)72-58-60(56-65)74-63(67)54-51-48-45-42-38-21-18-15-12-9-6-3/h7-8,10-11,15-20,24-27,30-33,37,40,60-61,65H,4-6,9,12-14,21-23,28-29,34-36,38-39,41-59H2,1-3H3,(H,69,70)/b10-7-,11-8-,18-15-,19-16-,20-17-,26-24-,27-25-,32-30-,33-31-,40-37-. The Morgan fingerprint density at radius 1 is 0.382 bits per heavy atom. The fraction of sp³-hybridized carbons (Fsp3) is 0.641. The number of unbranched alkanes of at least 4 members (excludes halogenated alkanes) is 16. The molecule has 0 radical (unpaired) electrons. The molecule has 0 aliphatic rings. The van der Waals surface area contributed by atoms with Crippen LogP contribution >= 0.6 is 7.82 Å². The van der Waals surface area contributed by atoms with Gasteiger partial charge in [0.2, 0.25) is 0 Å². The number of aliphatic hydroxyl groups is 1. The van der Waals surface area contributed by atoms with Gasteiger partial charge in [0.25, 0.3) is 0 Å². The van der Waals surface area contributed by atoms with Crippen molar-refractivity contribution in [1.82, 2.24) is 0 Å². The molecule has 432 valence electrons. The van der Waals surface area contributed by atoms with Gasteiger partial charge < -0.3 is 24.2 Å². The third-order valence-electron chi connectivity index (χ3n) is 11.8. The number of hydrogen-bond acceptors (Lipinski definition) is 10. The zero-order valence-corrected chi connectivity index (χ0v) is 48.6. The van der Waals surface area contributed by atoms with E-state index < -0.39 is 57.8 Å². The van der Waals surface area contributed by atoms with Crippen LogP contribution in [-0.4, -0.2) is 66.5 Å². The van der Waals surface area contributed by atoms with Crippen molar-refractivity contribution in [3.8, 4) is 0 Å². The van der Waals surface area contributed by atoms with Crippen LogP contribution in [0.4, 0.5) is 0 Å². The molecule has 0 rings (SSSR count). The lowest BCUT2D eigenvalue weighted by atomic mass is 10.1. The first kappa shape index (κ1) is 71.9. The number of esters is 3. The van der Waals surface area contributed by atoms with Crippen molar-refractivity contribution in [3.63, 3.8) is 0 Å². The van der Waals surface area contributed by atoms with E-state index >= 15 is 0 Å². The lowest BCUT2D eigenvalue weighted by Gasteiger charge is -2.21. The first-order valence-corrected chi connectivity index (χ1v) is 30.9. The van der Waals surface area contributed by atoms with E-state index in [1.165, 1.54) is 12.8 Å². The molecule has 2 N–H and O–H groups in total. The number of carbonyl (C=O) groups excluding carboxylic acids is 3. The molecule has 0 aromatic carbocycles. The molecular weight excluding hydrogens is 976 g/mol. The largest absolute Gasteiger partial charge is 0.472 e. The lowest BCUT2D eigenvalue weighted by Crippen LogP contribution is -2.30. The third-order valence-corrected chi connectivity index (χ3v) is 12.8. The van der Waals surface area contributed by atoms with E-state index in [-0.39, 0.29) is 25.9 Å². The van der Waals surface area contributed by atoms with Crippen molar-refractivity contribution >= 4 is 25.7 Å². The number of phosphoric ester groups is 1. The molecule has 0 saturated carbocycles. The van der Waals surface area contributed by atoms with Gasteiger partial charge in [-0.15, -0.1) is 0 Å². The maximum atomic E-state index is 12.9. The molecule has 0 bridgehead atoms. The predicted molar refractivity (Wildman–Crippen MR) is 316 cm³/mol. The van der Waals surface area contributed by atoms with Crippen LogP contribution in [0, 0.1) is 0 Å². The number of phosphoric acid groups is 1. The van der Waals surface area contributed by atoms with Gasteiger partial charge in [-0.3, -0.25) is 23.4 Å². The van der Waals surface area contributed by atoms with Crippen molar-refractivity contribution in [1.29, 1.82) is 0 Å². The summed E-state index contributed by atoms with van der Waals surface area (Å²) < 4.78 is 39.5. The smallest absolute Gasteiger partial charge is 0.462 e. The van der Waals surface area contributed by atoms with Gasteiger partial charge >= 0.3 is 25.7 Å². The Morgan fingerprint density at radius 3 is 1.08 bits per heavy atom. The van der Waals surface area contributed by atoms with Gasteiger partial charge in [0.05, 0.1) is 19.8 Å². The summed E-state index contributed by atoms with van der Waals surface area (Å²) >= 11 is 0. The van der Waals surface area contributed by atoms with Crippen molar-refractivity contribution in [3.05, 3.63) is 122 Å². The summed E-state index contributed by atoms with van der Waals surface area (Å²) in [5.74, 6) is -1.54. The van der Waals surface area contributed by atoms with E-state index in [9.17, 15) is 28.9 Å². The molecule has 76 heavy (non-hydrogen) atoms. The number of ether oxygens (including phenoxy) is 3. The van der Waals surface area contributed by atoms with Crippen molar-refractivity contribution in [2.45, 2.75) is 238 Å². The monoisotopic (exact) mass is 1080 g/mol. The summed E-state index contributed by atoms with van der Waals surface area (Å²) in [7, 11) is -4.77. The number of hydrogen-bond donors (Lipinski definition) is 2. The Labute approximate surface area is 462 Å². The molecule has 3 unspecified atom stereocenters. The predicted octanol–water partition coefficient (Wildman–Crippen LogP) is 17.6. The molecule has 0 aromatic rings. The van der Waals surface area contributed by atoms with Crippen LogP contribution in [0.5, 0.6) is 0 Å². The molecule has 0 spiro atoms. The third kappa shape index (κ3) is 54.7. The van der Waals surface area contributed by atoms with Crippen LogP contribution < -0.4 is 0 Å². The Balaban J connectivity index is 4.83. The molecule has 11 nitrogen and oxygen atoms in total. The Hall–Kier alpha value is -4.12. The van der Waals surface area contributed by atoms with E-state index in [2.05, 4.69) is 142 Å². The van der Waals surface area contributed by atoms with Crippen LogP contribution in [0.2, 0.25) is 0 Å². The fourth-order valence-corrected chi connectivity index (χ4v) is 8.20. The molecule has 0 aliphatic heterocycles. The first-order valence-electron chi connectivity index (χ1n) is 29.4. The summed E-state index contributed by atoms with van der Waals surface area (Å²) in [6.45, 7) is 4.30. The van der Waals surface area contributed by atoms with Crippen LogP contribution in [0.1, 0.15) is 226 Å².